The molecule has 0 aliphatic carbocycles. The molecule has 30 heavy (non-hydrogen) atoms. The summed E-state index contributed by atoms with van der Waals surface area (Å²) in [5.74, 6) is -0.413. The smallest absolute Gasteiger partial charge is 0.356 e. The van der Waals surface area contributed by atoms with Crippen LogP contribution in [0, 0.1) is 0 Å². The molecule has 7 nitrogen and oxygen atoms in total. The van der Waals surface area contributed by atoms with E-state index in [9.17, 15) is 9.59 Å². The van der Waals surface area contributed by atoms with Crippen LogP contribution < -0.4 is 5.73 Å². The molecule has 2 atom stereocenters. The van der Waals surface area contributed by atoms with E-state index in [-0.39, 0.29) is 23.6 Å². The van der Waals surface area contributed by atoms with Crippen molar-refractivity contribution < 1.29 is 19.2 Å². The molecule has 2 heterocycles. The maximum Gasteiger partial charge on any atom is 0.356 e. The predicted octanol–water partition coefficient (Wildman–Crippen LogP) is 2.45. The number of esters is 1. The lowest BCUT2D eigenvalue weighted by atomic mass is 10.0. The standard InChI is InChI=1S/C22H21N3O4S/c1-24-28-12-16-13-30-21-17(23)20(26)25(21)18(16)22(27)29-19(14-8-4-2-5-9-14)15-10-6-3-7-11-15/h2-11,17,19,21H,1,12-13,23H2/t17?,21-/m1/s1. The number of ether oxygens (including phenoxy) is 1. The van der Waals surface area contributed by atoms with Crippen molar-refractivity contribution in [2.75, 3.05) is 12.4 Å². The Morgan fingerprint density at radius 1 is 1.17 bits per heavy atom. The van der Waals surface area contributed by atoms with Crippen LogP contribution in [0.1, 0.15) is 17.2 Å². The van der Waals surface area contributed by atoms with Crippen LogP contribution in [0.5, 0.6) is 0 Å². The van der Waals surface area contributed by atoms with Gasteiger partial charge in [0, 0.05) is 18.0 Å². The molecule has 2 aromatic carbocycles. The quantitative estimate of drug-likeness (QED) is 0.318. The number of oxime groups is 1. The third-order valence-corrected chi connectivity index (χ3v) is 6.40. The van der Waals surface area contributed by atoms with Crippen LogP contribution in [0.2, 0.25) is 0 Å². The van der Waals surface area contributed by atoms with Gasteiger partial charge in [0.1, 0.15) is 23.7 Å². The zero-order valence-corrected chi connectivity index (χ0v) is 17.0. The summed E-state index contributed by atoms with van der Waals surface area (Å²) in [5, 5.41) is 3.12. The average Bonchev–Trinajstić information content (AvgIpc) is 2.81. The molecular weight excluding hydrogens is 402 g/mol. The average molecular weight is 423 g/mol. The van der Waals surface area contributed by atoms with Crippen molar-refractivity contribution in [1.82, 2.24) is 4.90 Å². The highest BCUT2D eigenvalue weighted by atomic mass is 32.2. The highest BCUT2D eigenvalue weighted by Gasteiger charge is 2.52. The van der Waals surface area contributed by atoms with Gasteiger partial charge in [-0.15, -0.1) is 16.9 Å². The Kier molecular flexibility index (Phi) is 5.87. The Morgan fingerprint density at radius 2 is 1.77 bits per heavy atom. The molecule has 2 aromatic rings. The topological polar surface area (TPSA) is 94.2 Å². The summed E-state index contributed by atoms with van der Waals surface area (Å²) in [5.41, 5.74) is 8.39. The molecule has 1 fully saturated rings. The minimum atomic E-state index is -0.628. The van der Waals surface area contributed by atoms with E-state index in [1.54, 1.807) is 0 Å². The fourth-order valence-corrected chi connectivity index (χ4v) is 4.82. The van der Waals surface area contributed by atoms with Gasteiger partial charge < -0.3 is 15.3 Å². The summed E-state index contributed by atoms with van der Waals surface area (Å²) in [6.07, 6.45) is -0.620. The van der Waals surface area contributed by atoms with Crippen molar-refractivity contribution in [2.45, 2.75) is 17.5 Å². The number of nitrogens with zero attached hydrogens (tertiary/aromatic N) is 2. The Morgan fingerprint density at radius 3 is 2.33 bits per heavy atom. The summed E-state index contributed by atoms with van der Waals surface area (Å²) in [6, 6.07) is 18.3. The van der Waals surface area contributed by atoms with Crippen LogP contribution in [0.25, 0.3) is 0 Å². The molecule has 2 N–H and O–H groups in total. The largest absolute Gasteiger partial charge is 0.448 e. The van der Waals surface area contributed by atoms with Crippen LogP contribution in [0.15, 0.2) is 77.1 Å². The second-order valence-electron chi connectivity index (χ2n) is 6.90. The molecule has 1 amide bonds. The van der Waals surface area contributed by atoms with Gasteiger partial charge in [-0.05, 0) is 11.1 Å². The number of carbonyl (C=O) groups is 2. The molecule has 0 saturated carbocycles. The van der Waals surface area contributed by atoms with E-state index in [4.69, 9.17) is 15.3 Å². The zero-order chi connectivity index (χ0) is 21.1. The molecule has 1 unspecified atom stereocenters. The fraction of sp³-hybridized carbons (Fsp3) is 0.227. The fourth-order valence-electron chi connectivity index (χ4n) is 3.55. The number of hydrogen-bond donors (Lipinski definition) is 1. The summed E-state index contributed by atoms with van der Waals surface area (Å²) < 4.78 is 5.97. The third kappa shape index (κ3) is 3.71. The third-order valence-electron chi connectivity index (χ3n) is 5.04. The Balaban J connectivity index is 1.68. The monoisotopic (exact) mass is 423 g/mol. The van der Waals surface area contributed by atoms with Gasteiger partial charge in [-0.2, -0.15) is 0 Å². The number of nitrogens with two attached hydrogens (primary N) is 1. The SMILES string of the molecule is C=NOCC1=C(C(=O)OC(c2ccccc2)c2ccccc2)N2C(=O)C(N)[C@H]2SC1. The first kappa shape index (κ1) is 20.2. The first-order chi connectivity index (χ1) is 14.6. The normalized spacial score (nSPS) is 20.5. The van der Waals surface area contributed by atoms with Gasteiger partial charge in [-0.3, -0.25) is 9.69 Å². The number of carbonyl (C=O) groups excluding carboxylic acids is 2. The predicted molar refractivity (Wildman–Crippen MR) is 114 cm³/mol. The molecule has 1 saturated heterocycles. The highest BCUT2D eigenvalue weighted by Crippen LogP contribution is 2.40. The van der Waals surface area contributed by atoms with Crippen molar-refractivity contribution in [3.8, 4) is 0 Å². The van der Waals surface area contributed by atoms with Crippen molar-refractivity contribution in [3.05, 3.63) is 83.1 Å². The minimum Gasteiger partial charge on any atom is -0.448 e. The van der Waals surface area contributed by atoms with Crippen molar-refractivity contribution in [1.29, 1.82) is 0 Å². The van der Waals surface area contributed by atoms with Gasteiger partial charge in [-0.25, -0.2) is 4.79 Å². The molecule has 154 valence electrons. The van der Waals surface area contributed by atoms with Gasteiger partial charge in [0.25, 0.3) is 0 Å². The lowest BCUT2D eigenvalue weighted by Crippen LogP contribution is -2.68. The van der Waals surface area contributed by atoms with Gasteiger partial charge in [0.2, 0.25) is 5.91 Å². The summed E-state index contributed by atoms with van der Waals surface area (Å²) in [4.78, 5) is 32.2. The van der Waals surface area contributed by atoms with Crippen molar-refractivity contribution >= 4 is 30.4 Å². The first-order valence-corrected chi connectivity index (χ1v) is 10.5. The van der Waals surface area contributed by atoms with Crippen LogP contribution in [0.3, 0.4) is 0 Å². The van der Waals surface area contributed by atoms with E-state index >= 15 is 0 Å². The second kappa shape index (κ2) is 8.73. The molecule has 0 aromatic heterocycles. The number of amides is 1. The summed E-state index contributed by atoms with van der Waals surface area (Å²) in [6.45, 7) is 3.35. The molecule has 2 aliphatic rings. The van der Waals surface area contributed by atoms with E-state index < -0.39 is 18.1 Å². The van der Waals surface area contributed by atoms with Gasteiger partial charge >= 0.3 is 5.97 Å². The van der Waals surface area contributed by atoms with Crippen LogP contribution in [0.4, 0.5) is 0 Å². The molecule has 8 heteroatoms. The number of fused-ring (bicyclic) bond motifs is 1. The lowest BCUT2D eigenvalue weighted by molar-refractivity contribution is -0.153. The van der Waals surface area contributed by atoms with Gasteiger partial charge in [0.15, 0.2) is 6.10 Å². The first-order valence-electron chi connectivity index (χ1n) is 9.43. The van der Waals surface area contributed by atoms with E-state index in [0.29, 0.717) is 11.3 Å². The molecule has 0 spiro atoms. The van der Waals surface area contributed by atoms with E-state index in [2.05, 4.69) is 11.9 Å². The summed E-state index contributed by atoms with van der Waals surface area (Å²) >= 11 is 1.49. The molecular formula is C22H21N3O4S. The zero-order valence-electron chi connectivity index (χ0n) is 16.1. The minimum absolute atomic E-state index is 0.0496. The van der Waals surface area contributed by atoms with Crippen molar-refractivity contribution in [2.24, 2.45) is 10.9 Å². The number of β-lactam (4-membered cyclic amide) rings is 1. The molecule has 4 rings (SSSR count). The van der Waals surface area contributed by atoms with Crippen molar-refractivity contribution in [3.63, 3.8) is 0 Å². The van der Waals surface area contributed by atoms with E-state index in [0.717, 1.165) is 11.1 Å². The number of hydrogen-bond acceptors (Lipinski definition) is 7. The van der Waals surface area contributed by atoms with Crippen LogP contribution >= 0.6 is 11.8 Å². The lowest BCUT2D eigenvalue weighted by Gasteiger charge is -2.48. The Hall–Kier alpha value is -3.10. The van der Waals surface area contributed by atoms with Crippen LogP contribution in [-0.2, 0) is 19.2 Å². The van der Waals surface area contributed by atoms with E-state index in [1.165, 1.54) is 16.7 Å². The Labute approximate surface area is 178 Å². The maximum absolute atomic E-state index is 13.3. The van der Waals surface area contributed by atoms with Gasteiger partial charge in [0.05, 0.1) is 0 Å². The van der Waals surface area contributed by atoms with Crippen LogP contribution in [-0.4, -0.2) is 47.3 Å². The van der Waals surface area contributed by atoms with E-state index in [1.807, 2.05) is 60.7 Å². The maximum atomic E-state index is 13.3. The van der Waals surface area contributed by atoms with Gasteiger partial charge in [-0.1, -0.05) is 60.7 Å². The Bertz CT molecular complexity index is 941. The number of thioether (sulfide) groups is 1. The molecule has 2 aliphatic heterocycles. The number of benzene rings is 2. The summed E-state index contributed by atoms with van der Waals surface area (Å²) in [7, 11) is 0. The second-order valence-corrected chi connectivity index (χ2v) is 8.00. The molecule has 0 radical (unpaired) electrons. The molecule has 0 bridgehead atoms. The highest BCUT2D eigenvalue weighted by molar-refractivity contribution is 8.00. The number of rotatable bonds is 7.